The van der Waals surface area contributed by atoms with Crippen molar-refractivity contribution in [3.63, 3.8) is 0 Å². The van der Waals surface area contributed by atoms with Gasteiger partial charge in [-0.15, -0.1) is 11.3 Å². The van der Waals surface area contributed by atoms with Crippen molar-refractivity contribution >= 4 is 27.4 Å². The Hall–Kier alpha value is -2.13. The van der Waals surface area contributed by atoms with E-state index in [1.54, 1.807) is 29.8 Å². The number of morpholine rings is 1. The molecular weight excluding hydrogens is 403 g/mol. The number of halogens is 1. The first-order chi connectivity index (χ1) is 14.8. The minimum atomic E-state index is -0.236. The molecule has 2 aliphatic rings. The zero-order chi connectivity index (χ0) is 20.3. The third-order valence-electron chi connectivity index (χ3n) is 6.03. The van der Waals surface area contributed by atoms with Crippen molar-refractivity contribution in [2.45, 2.75) is 12.5 Å². The Morgan fingerprint density at radius 3 is 2.73 bits per heavy atom. The van der Waals surface area contributed by atoms with Crippen LogP contribution in [0.3, 0.4) is 0 Å². The first-order valence-electron chi connectivity index (χ1n) is 10.4. The van der Waals surface area contributed by atoms with E-state index >= 15 is 0 Å². The van der Waals surface area contributed by atoms with Crippen molar-refractivity contribution in [2.24, 2.45) is 5.92 Å². The van der Waals surface area contributed by atoms with E-state index in [-0.39, 0.29) is 5.82 Å². The number of benzene rings is 1. The highest BCUT2D eigenvalue weighted by Crippen LogP contribution is 2.36. The lowest BCUT2D eigenvalue weighted by Crippen LogP contribution is -2.50. The molecule has 158 valence electrons. The standard InChI is InChI=1S/C22H25FN4O2S/c23-17-3-1-15(2-4-17)18-13-30-22-20(18)21(25-14-26-22)24-11-19(16-5-8-29-12-16)27-6-9-28-10-7-27/h1-4,13-14,16,19H,5-12H2,(H,24,25,26)/t16-,19-/m0/s1. The molecule has 6 nitrogen and oxygen atoms in total. The highest BCUT2D eigenvalue weighted by molar-refractivity contribution is 7.17. The second kappa shape index (κ2) is 8.93. The normalized spacial score (nSPS) is 21.2. The first kappa shape index (κ1) is 19.8. The maximum Gasteiger partial charge on any atom is 0.138 e. The summed E-state index contributed by atoms with van der Waals surface area (Å²) in [4.78, 5) is 12.5. The van der Waals surface area contributed by atoms with Gasteiger partial charge in [-0.3, -0.25) is 4.90 Å². The van der Waals surface area contributed by atoms with E-state index in [2.05, 4.69) is 25.6 Å². The van der Waals surface area contributed by atoms with E-state index in [0.29, 0.717) is 12.0 Å². The topological polar surface area (TPSA) is 59.5 Å². The maximum absolute atomic E-state index is 13.4. The predicted molar refractivity (Wildman–Crippen MR) is 116 cm³/mol. The summed E-state index contributed by atoms with van der Waals surface area (Å²) in [5.41, 5.74) is 2.00. The van der Waals surface area contributed by atoms with Gasteiger partial charge in [-0.25, -0.2) is 14.4 Å². The Kier molecular flexibility index (Phi) is 5.90. The number of anilines is 1. The molecule has 0 bridgehead atoms. The molecule has 0 radical (unpaired) electrons. The molecule has 5 rings (SSSR count). The highest BCUT2D eigenvalue weighted by atomic mass is 32.1. The van der Waals surface area contributed by atoms with Crippen LogP contribution in [0.4, 0.5) is 10.2 Å². The number of thiophene rings is 1. The van der Waals surface area contributed by atoms with Crippen LogP contribution in [0, 0.1) is 11.7 Å². The van der Waals surface area contributed by atoms with Crippen LogP contribution in [0.5, 0.6) is 0 Å². The molecule has 1 aromatic carbocycles. The first-order valence-corrected chi connectivity index (χ1v) is 11.3. The lowest BCUT2D eigenvalue weighted by molar-refractivity contribution is 0.00460. The zero-order valence-corrected chi connectivity index (χ0v) is 17.5. The van der Waals surface area contributed by atoms with Gasteiger partial charge in [0.25, 0.3) is 0 Å². The average molecular weight is 429 g/mol. The van der Waals surface area contributed by atoms with Crippen molar-refractivity contribution in [2.75, 3.05) is 51.4 Å². The molecule has 0 spiro atoms. The summed E-state index contributed by atoms with van der Waals surface area (Å²) in [7, 11) is 0. The second-order valence-electron chi connectivity index (χ2n) is 7.78. The largest absolute Gasteiger partial charge is 0.381 e. The summed E-state index contributed by atoms with van der Waals surface area (Å²) in [5, 5.41) is 6.68. The summed E-state index contributed by atoms with van der Waals surface area (Å²) in [6.07, 6.45) is 2.69. The van der Waals surface area contributed by atoms with Gasteiger partial charge >= 0.3 is 0 Å². The zero-order valence-electron chi connectivity index (χ0n) is 16.7. The smallest absolute Gasteiger partial charge is 0.138 e. The molecule has 30 heavy (non-hydrogen) atoms. The fourth-order valence-electron chi connectivity index (χ4n) is 4.41. The van der Waals surface area contributed by atoms with Crippen LogP contribution in [0.1, 0.15) is 6.42 Å². The van der Waals surface area contributed by atoms with E-state index in [1.165, 1.54) is 12.1 Å². The van der Waals surface area contributed by atoms with Gasteiger partial charge in [0.2, 0.25) is 0 Å². The van der Waals surface area contributed by atoms with E-state index in [0.717, 1.165) is 79.6 Å². The molecule has 2 saturated heterocycles. The van der Waals surface area contributed by atoms with Gasteiger partial charge in [0.05, 0.1) is 25.2 Å². The Morgan fingerprint density at radius 1 is 1.13 bits per heavy atom. The van der Waals surface area contributed by atoms with Crippen LogP contribution in [0.25, 0.3) is 21.3 Å². The lowest BCUT2D eigenvalue weighted by Gasteiger charge is -2.37. The van der Waals surface area contributed by atoms with Crippen molar-refractivity contribution in [1.82, 2.24) is 14.9 Å². The molecular formula is C22H25FN4O2S. The van der Waals surface area contributed by atoms with Crippen molar-refractivity contribution in [3.05, 3.63) is 41.8 Å². The average Bonchev–Trinajstić information content (AvgIpc) is 3.46. The predicted octanol–water partition coefficient (Wildman–Crippen LogP) is 3.65. The summed E-state index contributed by atoms with van der Waals surface area (Å²) < 4.78 is 24.6. The lowest BCUT2D eigenvalue weighted by atomic mass is 9.96. The molecule has 2 fully saturated rings. The van der Waals surface area contributed by atoms with Gasteiger partial charge in [0.1, 0.15) is 22.8 Å². The molecule has 2 atom stereocenters. The van der Waals surface area contributed by atoms with Gasteiger partial charge in [-0.05, 0) is 24.1 Å². The van der Waals surface area contributed by atoms with Gasteiger partial charge in [0.15, 0.2) is 0 Å². The monoisotopic (exact) mass is 428 g/mol. The minimum absolute atomic E-state index is 0.236. The van der Waals surface area contributed by atoms with E-state index in [4.69, 9.17) is 9.47 Å². The van der Waals surface area contributed by atoms with Crippen LogP contribution in [-0.2, 0) is 9.47 Å². The summed E-state index contributed by atoms with van der Waals surface area (Å²) in [6.45, 7) is 5.88. The summed E-state index contributed by atoms with van der Waals surface area (Å²) in [6, 6.07) is 6.96. The number of nitrogens with one attached hydrogen (secondary N) is 1. The summed E-state index contributed by atoms with van der Waals surface area (Å²) in [5.74, 6) is 1.10. The van der Waals surface area contributed by atoms with Crippen LogP contribution in [0.2, 0.25) is 0 Å². The SMILES string of the molecule is Fc1ccc(-c2csc3ncnc(NC[C@@H]([C@H]4CCOC4)N4CCOCC4)c23)cc1. The third-order valence-corrected chi connectivity index (χ3v) is 6.91. The number of hydrogen-bond donors (Lipinski definition) is 1. The fraction of sp³-hybridized carbons (Fsp3) is 0.455. The van der Waals surface area contributed by atoms with E-state index in [9.17, 15) is 4.39 Å². The second-order valence-corrected chi connectivity index (χ2v) is 8.64. The van der Waals surface area contributed by atoms with Gasteiger partial charge < -0.3 is 14.8 Å². The molecule has 0 unspecified atom stereocenters. The summed E-state index contributed by atoms with van der Waals surface area (Å²) >= 11 is 1.58. The highest BCUT2D eigenvalue weighted by Gasteiger charge is 2.31. The Morgan fingerprint density at radius 2 is 1.97 bits per heavy atom. The third kappa shape index (κ3) is 4.05. The molecule has 0 saturated carbocycles. The van der Waals surface area contributed by atoms with Gasteiger partial charge in [0, 0.05) is 49.1 Å². The Bertz CT molecular complexity index is 984. The Labute approximate surface area is 179 Å². The molecule has 0 amide bonds. The minimum Gasteiger partial charge on any atom is -0.381 e. The number of fused-ring (bicyclic) bond motifs is 1. The van der Waals surface area contributed by atoms with Crippen LogP contribution in [-0.4, -0.2) is 67.0 Å². The number of nitrogens with zero attached hydrogens (tertiary/aromatic N) is 3. The number of rotatable bonds is 6. The van der Waals surface area contributed by atoms with E-state index in [1.807, 2.05) is 0 Å². The fourth-order valence-corrected chi connectivity index (χ4v) is 5.33. The van der Waals surface area contributed by atoms with Crippen molar-refractivity contribution in [1.29, 1.82) is 0 Å². The molecule has 2 aliphatic heterocycles. The van der Waals surface area contributed by atoms with Crippen molar-refractivity contribution in [3.8, 4) is 11.1 Å². The molecule has 3 aromatic rings. The quantitative estimate of drug-likeness (QED) is 0.647. The molecule has 2 aromatic heterocycles. The van der Waals surface area contributed by atoms with Gasteiger partial charge in [-0.1, -0.05) is 12.1 Å². The van der Waals surface area contributed by atoms with Crippen LogP contribution < -0.4 is 5.32 Å². The van der Waals surface area contributed by atoms with Crippen LogP contribution >= 0.6 is 11.3 Å². The molecule has 1 N–H and O–H groups in total. The molecule has 0 aliphatic carbocycles. The Balaban J connectivity index is 1.42. The number of ether oxygens (including phenoxy) is 2. The number of aromatic nitrogens is 2. The molecule has 8 heteroatoms. The maximum atomic E-state index is 13.4. The number of hydrogen-bond acceptors (Lipinski definition) is 7. The molecule has 4 heterocycles. The van der Waals surface area contributed by atoms with E-state index < -0.39 is 0 Å². The van der Waals surface area contributed by atoms with Gasteiger partial charge in [-0.2, -0.15) is 0 Å². The van der Waals surface area contributed by atoms with Crippen molar-refractivity contribution < 1.29 is 13.9 Å². The van der Waals surface area contributed by atoms with Crippen LogP contribution in [0.15, 0.2) is 36.0 Å².